The second-order valence-electron chi connectivity index (χ2n) is 7.34. The molecular formula is C21H21F3N4O3S. The summed E-state index contributed by atoms with van der Waals surface area (Å²) in [7, 11) is -3.65. The van der Waals surface area contributed by atoms with Crippen LogP contribution in [0.15, 0.2) is 48.5 Å². The number of hydrogen-bond donors (Lipinski definition) is 2. The Hall–Kier alpha value is -3.18. The molecule has 32 heavy (non-hydrogen) atoms. The van der Waals surface area contributed by atoms with E-state index in [1.165, 1.54) is 16.8 Å². The third-order valence-electron chi connectivity index (χ3n) is 4.80. The van der Waals surface area contributed by atoms with Gasteiger partial charge in [0, 0.05) is 16.9 Å². The van der Waals surface area contributed by atoms with Crippen LogP contribution >= 0.6 is 0 Å². The van der Waals surface area contributed by atoms with E-state index in [1.807, 2.05) is 0 Å². The lowest BCUT2D eigenvalue weighted by molar-refractivity contribution is -0.137. The van der Waals surface area contributed by atoms with E-state index in [1.54, 1.807) is 38.1 Å². The SMILES string of the molecule is Cc1nn(-c2cccc(C(F)(F)F)c2)c(C)c1CC(=O)Nc1ccc(CS(N)(=O)=O)cc1. The van der Waals surface area contributed by atoms with Crippen LogP contribution in [-0.2, 0) is 33.2 Å². The van der Waals surface area contributed by atoms with Gasteiger partial charge in [-0.2, -0.15) is 18.3 Å². The van der Waals surface area contributed by atoms with Gasteiger partial charge in [-0.15, -0.1) is 0 Å². The quantitative estimate of drug-likeness (QED) is 0.580. The van der Waals surface area contributed by atoms with E-state index in [0.717, 1.165) is 12.1 Å². The number of nitrogens with zero attached hydrogens (tertiary/aromatic N) is 2. The predicted molar refractivity (Wildman–Crippen MR) is 114 cm³/mol. The summed E-state index contributed by atoms with van der Waals surface area (Å²) in [6, 6.07) is 11.0. The van der Waals surface area contributed by atoms with Crippen LogP contribution in [0.2, 0.25) is 0 Å². The third-order valence-corrected chi connectivity index (χ3v) is 5.54. The summed E-state index contributed by atoms with van der Waals surface area (Å²) < 4.78 is 62.8. The maximum atomic E-state index is 13.0. The van der Waals surface area contributed by atoms with Gasteiger partial charge in [-0.3, -0.25) is 4.79 Å². The minimum Gasteiger partial charge on any atom is -0.326 e. The van der Waals surface area contributed by atoms with Crippen molar-refractivity contribution in [3.8, 4) is 5.69 Å². The molecule has 3 rings (SSSR count). The molecule has 0 aliphatic heterocycles. The van der Waals surface area contributed by atoms with E-state index in [0.29, 0.717) is 28.2 Å². The largest absolute Gasteiger partial charge is 0.416 e. The number of hydrogen-bond acceptors (Lipinski definition) is 4. The molecule has 7 nitrogen and oxygen atoms in total. The molecule has 0 saturated heterocycles. The number of primary sulfonamides is 1. The Labute approximate surface area is 183 Å². The summed E-state index contributed by atoms with van der Waals surface area (Å²) in [5.41, 5.74) is 2.10. The first kappa shape index (κ1) is 23.5. The Balaban J connectivity index is 1.76. The van der Waals surface area contributed by atoms with Crippen molar-refractivity contribution in [2.24, 2.45) is 5.14 Å². The summed E-state index contributed by atoms with van der Waals surface area (Å²) in [5, 5.41) is 12.0. The molecule has 0 unspecified atom stereocenters. The first-order chi connectivity index (χ1) is 14.8. The molecule has 2 aromatic carbocycles. The fourth-order valence-electron chi connectivity index (χ4n) is 3.28. The number of benzene rings is 2. The van der Waals surface area contributed by atoms with Crippen molar-refractivity contribution in [1.29, 1.82) is 0 Å². The number of anilines is 1. The molecule has 170 valence electrons. The average Bonchev–Trinajstić information content (AvgIpc) is 2.96. The number of sulfonamides is 1. The van der Waals surface area contributed by atoms with Crippen LogP contribution in [0.4, 0.5) is 18.9 Å². The topological polar surface area (TPSA) is 107 Å². The smallest absolute Gasteiger partial charge is 0.326 e. The van der Waals surface area contributed by atoms with E-state index in [2.05, 4.69) is 10.4 Å². The highest BCUT2D eigenvalue weighted by Crippen LogP contribution is 2.31. The van der Waals surface area contributed by atoms with Crippen molar-refractivity contribution in [3.05, 3.63) is 76.6 Å². The summed E-state index contributed by atoms with van der Waals surface area (Å²) >= 11 is 0. The summed E-state index contributed by atoms with van der Waals surface area (Å²) in [4.78, 5) is 12.5. The average molecular weight is 466 g/mol. The summed E-state index contributed by atoms with van der Waals surface area (Å²) in [6.07, 6.45) is -4.51. The van der Waals surface area contributed by atoms with E-state index in [9.17, 15) is 26.4 Å². The lowest BCUT2D eigenvalue weighted by Gasteiger charge is -2.10. The van der Waals surface area contributed by atoms with Crippen molar-refractivity contribution in [2.75, 3.05) is 5.32 Å². The lowest BCUT2D eigenvalue weighted by Crippen LogP contribution is -2.16. The van der Waals surface area contributed by atoms with Gasteiger partial charge in [-0.1, -0.05) is 18.2 Å². The van der Waals surface area contributed by atoms with E-state index in [4.69, 9.17) is 5.14 Å². The van der Waals surface area contributed by atoms with Gasteiger partial charge in [0.1, 0.15) is 0 Å². The second-order valence-corrected chi connectivity index (χ2v) is 8.95. The zero-order valence-electron chi connectivity index (χ0n) is 17.3. The molecule has 0 spiro atoms. The zero-order valence-corrected chi connectivity index (χ0v) is 18.1. The number of nitrogens with two attached hydrogens (primary N) is 1. The van der Waals surface area contributed by atoms with Crippen LogP contribution in [0, 0.1) is 13.8 Å². The van der Waals surface area contributed by atoms with Crippen molar-refractivity contribution < 1.29 is 26.4 Å². The highest BCUT2D eigenvalue weighted by molar-refractivity contribution is 7.88. The maximum Gasteiger partial charge on any atom is 0.416 e. The van der Waals surface area contributed by atoms with Crippen LogP contribution < -0.4 is 10.5 Å². The Morgan fingerprint density at radius 3 is 2.38 bits per heavy atom. The normalized spacial score (nSPS) is 12.1. The Morgan fingerprint density at radius 1 is 1.12 bits per heavy atom. The monoisotopic (exact) mass is 466 g/mol. The molecule has 3 aromatic rings. The van der Waals surface area contributed by atoms with E-state index < -0.39 is 21.8 Å². The predicted octanol–water partition coefficient (Wildman–Crippen LogP) is 3.48. The summed E-state index contributed by atoms with van der Waals surface area (Å²) in [5.74, 6) is -0.659. The van der Waals surface area contributed by atoms with E-state index in [-0.39, 0.29) is 23.8 Å². The molecular weight excluding hydrogens is 445 g/mol. The fourth-order valence-corrected chi connectivity index (χ4v) is 3.94. The molecule has 11 heteroatoms. The summed E-state index contributed by atoms with van der Waals surface area (Å²) in [6.45, 7) is 3.37. The van der Waals surface area contributed by atoms with Crippen LogP contribution in [0.5, 0.6) is 0 Å². The van der Waals surface area contributed by atoms with Crippen LogP contribution in [0.1, 0.15) is 28.1 Å². The number of carbonyl (C=O) groups is 1. The number of amides is 1. The fraction of sp³-hybridized carbons (Fsp3) is 0.238. The molecule has 0 fully saturated rings. The molecule has 0 aliphatic carbocycles. The Kier molecular flexibility index (Phi) is 6.42. The number of alkyl halides is 3. The number of rotatable bonds is 6. The van der Waals surface area contributed by atoms with Crippen molar-refractivity contribution in [1.82, 2.24) is 9.78 Å². The van der Waals surface area contributed by atoms with Crippen LogP contribution in [0.3, 0.4) is 0 Å². The first-order valence-electron chi connectivity index (χ1n) is 9.45. The molecule has 0 radical (unpaired) electrons. The minimum atomic E-state index is -4.47. The van der Waals surface area contributed by atoms with Crippen LogP contribution in [-0.4, -0.2) is 24.1 Å². The minimum absolute atomic E-state index is 0.0322. The van der Waals surface area contributed by atoms with Gasteiger partial charge in [0.15, 0.2) is 0 Å². The number of nitrogens with one attached hydrogen (secondary N) is 1. The number of halogens is 3. The molecule has 1 heterocycles. The third kappa shape index (κ3) is 5.74. The van der Waals surface area contributed by atoms with Gasteiger partial charge in [-0.05, 0) is 49.7 Å². The molecule has 0 saturated carbocycles. The number of aromatic nitrogens is 2. The molecule has 1 aromatic heterocycles. The van der Waals surface area contributed by atoms with Gasteiger partial charge in [0.05, 0.1) is 29.1 Å². The zero-order chi connectivity index (χ0) is 23.7. The maximum absolute atomic E-state index is 13.0. The van der Waals surface area contributed by atoms with Crippen molar-refractivity contribution in [3.63, 3.8) is 0 Å². The first-order valence-corrected chi connectivity index (χ1v) is 11.2. The van der Waals surface area contributed by atoms with Crippen molar-refractivity contribution >= 4 is 21.6 Å². The molecule has 1 amide bonds. The molecule has 0 atom stereocenters. The Morgan fingerprint density at radius 2 is 1.78 bits per heavy atom. The highest BCUT2D eigenvalue weighted by Gasteiger charge is 2.30. The highest BCUT2D eigenvalue weighted by atomic mass is 32.2. The van der Waals surface area contributed by atoms with Gasteiger partial charge in [-0.25, -0.2) is 18.2 Å². The standard InChI is InChI=1S/C21H21F3N4O3S/c1-13-19(11-20(29)26-17-8-6-15(7-9-17)12-32(25,30)31)14(2)28(27-13)18-5-3-4-16(10-18)21(22,23)24/h3-10H,11-12H2,1-2H3,(H,26,29)(H2,25,30,31). The number of carbonyl (C=O) groups excluding carboxylic acids is 1. The lowest BCUT2D eigenvalue weighted by atomic mass is 10.1. The van der Waals surface area contributed by atoms with Gasteiger partial charge < -0.3 is 5.32 Å². The Bertz CT molecular complexity index is 1250. The van der Waals surface area contributed by atoms with Crippen molar-refractivity contribution in [2.45, 2.75) is 32.2 Å². The van der Waals surface area contributed by atoms with E-state index >= 15 is 0 Å². The molecule has 0 aliphatic rings. The van der Waals surface area contributed by atoms with Crippen LogP contribution in [0.25, 0.3) is 5.69 Å². The van der Waals surface area contributed by atoms with Gasteiger partial charge in [0.25, 0.3) is 0 Å². The number of aryl methyl sites for hydroxylation is 1. The molecule has 0 bridgehead atoms. The van der Waals surface area contributed by atoms with Gasteiger partial charge >= 0.3 is 6.18 Å². The second kappa shape index (κ2) is 8.75. The molecule has 3 N–H and O–H groups in total. The van der Waals surface area contributed by atoms with Gasteiger partial charge in [0.2, 0.25) is 15.9 Å².